The van der Waals surface area contributed by atoms with E-state index in [0.29, 0.717) is 19.5 Å². The largest absolute Gasteiger partial charge is 0.481 e. The number of hydrogen-bond acceptors (Lipinski definition) is 3. The van der Waals surface area contributed by atoms with E-state index in [-0.39, 0.29) is 11.8 Å². The number of hydrogen-bond donors (Lipinski definition) is 2. The fourth-order valence-corrected chi connectivity index (χ4v) is 2.56. The fourth-order valence-electron chi connectivity index (χ4n) is 2.56. The van der Waals surface area contributed by atoms with Gasteiger partial charge < -0.3 is 15.7 Å². The van der Waals surface area contributed by atoms with Gasteiger partial charge in [0.05, 0.1) is 11.5 Å². The zero-order valence-electron chi connectivity index (χ0n) is 10.2. The molecule has 3 N–H and O–H groups in total. The van der Waals surface area contributed by atoms with Gasteiger partial charge in [-0.2, -0.15) is 0 Å². The Labute approximate surface area is 101 Å². The van der Waals surface area contributed by atoms with Crippen LogP contribution in [0.5, 0.6) is 0 Å². The molecule has 17 heavy (non-hydrogen) atoms. The van der Waals surface area contributed by atoms with Crippen LogP contribution in [-0.4, -0.2) is 40.5 Å². The van der Waals surface area contributed by atoms with Crippen molar-refractivity contribution < 1.29 is 14.7 Å². The van der Waals surface area contributed by atoms with Gasteiger partial charge in [-0.15, -0.1) is 0 Å². The summed E-state index contributed by atoms with van der Waals surface area (Å²) >= 11 is 0. The van der Waals surface area contributed by atoms with Gasteiger partial charge in [0.15, 0.2) is 0 Å². The highest BCUT2D eigenvalue weighted by atomic mass is 16.4. The molecule has 1 aliphatic carbocycles. The number of carbonyl (C=O) groups is 2. The summed E-state index contributed by atoms with van der Waals surface area (Å²) in [7, 11) is 0. The maximum Gasteiger partial charge on any atom is 0.308 e. The molecule has 0 spiro atoms. The van der Waals surface area contributed by atoms with Crippen LogP contribution in [0.1, 0.15) is 32.6 Å². The van der Waals surface area contributed by atoms with E-state index in [1.807, 2.05) is 0 Å². The van der Waals surface area contributed by atoms with Gasteiger partial charge in [-0.05, 0) is 38.5 Å². The van der Waals surface area contributed by atoms with Gasteiger partial charge in [0.1, 0.15) is 0 Å². The number of carboxylic acid groups (broad SMARTS) is 1. The third-order valence-corrected chi connectivity index (χ3v) is 3.94. The number of rotatable bonds is 3. The molecular weight excluding hydrogens is 220 g/mol. The van der Waals surface area contributed by atoms with Crippen molar-refractivity contribution in [3.05, 3.63) is 0 Å². The van der Waals surface area contributed by atoms with Crippen molar-refractivity contribution in [3.63, 3.8) is 0 Å². The lowest BCUT2D eigenvalue weighted by molar-refractivity contribution is -0.147. The predicted molar refractivity (Wildman–Crippen MR) is 62.3 cm³/mol. The molecule has 2 rings (SSSR count). The number of likely N-dealkylation sites (tertiary alicyclic amines) is 1. The lowest BCUT2D eigenvalue weighted by Gasteiger charge is -2.36. The van der Waals surface area contributed by atoms with Gasteiger partial charge in [-0.3, -0.25) is 9.59 Å². The molecule has 5 nitrogen and oxygen atoms in total. The van der Waals surface area contributed by atoms with Crippen LogP contribution in [0.2, 0.25) is 0 Å². The first-order chi connectivity index (χ1) is 7.93. The second-order valence-corrected chi connectivity index (χ2v) is 5.49. The van der Waals surface area contributed by atoms with E-state index in [2.05, 4.69) is 0 Å². The third kappa shape index (κ3) is 2.44. The Morgan fingerprint density at radius 1 is 1.35 bits per heavy atom. The monoisotopic (exact) mass is 240 g/mol. The summed E-state index contributed by atoms with van der Waals surface area (Å²) in [6.07, 6.45) is 3.43. The zero-order valence-corrected chi connectivity index (χ0v) is 10.2. The van der Waals surface area contributed by atoms with Crippen LogP contribution in [0, 0.1) is 11.8 Å². The molecular formula is C12H20N2O3. The summed E-state index contributed by atoms with van der Waals surface area (Å²) in [4.78, 5) is 24.9. The van der Waals surface area contributed by atoms with Crippen LogP contribution in [0.15, 0.2) is 0 Å². The first kappa shape index (κ1) is 12.4. The van der Waals surface area contributed by atoms with Crippen LogP contribution >= 0.6 is 0 Å². The van der Waals surface area contributed by atoms with E-state index in [0.717, 1.165) is 19.3 Å². The Bertz CT molecular complexity index is 337. The van der Waals surface area contributed by atoms with Gasteiger partial charge in [-0.25, -0.2) is 0 Å². The van der Waals surface area contributed by atoms with Crippen molar-refractivity contribution >= 4 is 11.9 Å². The van der Waals surface area contributed by atoms with Crippen LogP contribution in [0.4, 0.5) is 0 Å². The SMILES string of the molecule is CC(N)(C(=O)N1CCC[C@H](C(=O)O)C1)C1CC1. The molecule has 0 aromatic heterocycles. The molecule has 1 amide bonds. The lowest BCUT2D eigenvalue weighted by Crippen LogP contribution is -2.57. The van der Waals surface area contributed by atoms with Crippen molar-refractivity contribution in [2.75, 3.05) is 13.1 Å². The summed E-state index contributed by atoms with van der Waals surface area (Å²) in [5.41, 5.74) is 5.27. The summed E-state index contributed by atoms with van der Waals surface area (Å²) in [5, 5.41) is 8.99. The molecule has 2 atom stereocenters. The molecule has 2 aliphatic rings. The highest BCUT2D eigenvalue weighted by molar-refractivity contribution is 5.87. The minimum absolute atomic E-state index is 0.0778. The van der Waals surface area contributed by atoms with Gasteiger partial charge in [0, 0.05) is 13.1 Å². The van der Waals surface area contributed by atoms with Gasteiger partial charge in [0.2, 0.25) is 5.91 Å². The molecule has 5 heteroatoms. The van der Waals surface area contributed by atoms with Crippen molar-refractivity contribution in [3.8, 4) is 0 Å². The summed E-state index contributed by atoms with van der Waals surface area (Å²) in [6.45, 7) is 2.73. The number of nitrogens with zero attached hydrogens (tertiary/aromatic N) is 1. The van der Waals surface area contributed by atoms with Crippen LogP contribution in [-0.2, 0) is 9.59 Å². The van der Waals surface area contributed by atoms with Crippen LogP contribution in [0.3, 0.4) is 0 Å². The minimum atomic E-state index is -0.812. The van der Waals surface area contributed by atoms with E-state index in [4.69, 9.17) is 10.8 Å². The quantitative estimate of drug-likeness (QED) is 0.749. The fraction of sp³-hybridized carbons (Fsp3) is 0.833. The molecule has 0 bridgehead atoms. The van der Waals surface area contributed by atoms with Gasteiger partial charge >= 0.3 is 5.97 Å². The maximum absolute atomic E-state index is 12.3. The molecule has 2 fully saturated rings. The summed E-state index contributed by atoms with van der Waals surface area (Å²) < 4.78 is 0. The smallest absolute Gasteiger partial charge is 0.308 e. The Hall–Kier alpha value is -1.10. The highest BCUT2D eigenvalue weighted by Gasteiger charge is 2.46. The van der Waals surface area contributed by atoms with Gasteiger partial charge in [-0.1, -0.05) is 0 Å². The van der Waals surface area contributed by atoms with Crippen molar-refractivity contribution in [1.29, 1.82) is 0 Å². The second kappa shape index (κ2) is 4.29. The Morgan fingerprint density at radius 2 is 2.00 bits per heavy atom. The number of carboxylic acids is 1. The topological polar surface area (TPSA) is 83.6 Å². The molecule has 0 aromatic carbocycles. The van der Waals surface area contributed by atoms with Crippen LogP contribution in [0.25, 0.3) is 0 Å². The van der Waals surface area contributed by atoms with E-state index in [9.17, 15) is 9.59 Å². The lowest BCUT2D eigenvalue weighted by atomic mass is 9.92. The highest BCUT2D eigenvalue weighted by Crippen LogP contribution is 2.39. The Morgan fingerprint density at radius 3 is 2.53 bits per heavy atom. The van der Waals surface area contributed by atoms with Crippen molar-refractivity contribution in [2.24, 2.45) is 17.6 Å². The number of amides is 1. The molecule has 96 valence electrons. The molecule has 1 aliphatic heterocycles. The van der Waals surface area contributed by atoms with Crippen molar-refractivity contribution in [1.82, 2.24) is 4.90 Å². The normalized spacial score (nSPS) is 28.6. The van der Waals surface area contributed by atoms with E-state index < -0.39 is 17.4 Å². The van der Waals surface area contributed by atoms with Gasteiger partial charge in [0.25, 0.3) is 0 Å². The number of carbonyl (C=O) groups excluding carboxylic acids is 1. The first-order valence-corrected chi connectivity index (χ1v) is 6.24. The molecule has 1 saturated heterocycles. The number of piperidine rings is 1. The Balaban J connectivity index is 2.01. The second-order valence-electron chi connectivity index (χ2n) is 5.49. The summed E-state index contributed by atoms with van der Waals surface area (Å²) in [6, 6.07) is 0. The predicted octanol–water partition coefficient (Wildman–Crippen LogP) is 0.437. The van der Waals surface area contributed by atoms with Crippen LogP contribution < -0.4 is 5.73 Å². The number of nitrogens with two attached hydrogens (primary N) is 1. The average Bonchev–Trinajstić information content (AvgIpc) is 3.12. The molecule has 1 heterocycles. The number of aliphatic carboxylic acids is 1. The van der Waals surface area contributed by atoms with E-state index >= 15 is 0 Å². The summed E-state index contributed by atoms with van der Waals surface area (Å²) in [5.74, 6) is -1.04. The third-order valence-electron chi connectivity index (χ3n) is 3.94. The maximum atomic E-state index is 12.3. The van der Waals surface area contributed by atoms with E-state index in [1.165, 1.54) is 0 Å². The first-order valence-electron chi connectivity index (χ1n) is 6.24. The average molecular weight is 240 g/mol. The standard InChI is InChI=1S/C12H20N2O3/c1-12(13,9-4-5-9)11(17)14-6-2-3-8(7-14)10(15)16/h8-9H,2-7,13H2,1H3,(H,15,16)/t8-,12?/m0/s1. The van der Waals surface area contributed by atoms with E-state index in [1.54, 1.807) is 11.8 Å². The molecule has 0 radical (unpaired) electrons. The van der Waals surface area contributed by atoms with Crippen molar-refractivity contribution in [2.45, 2.75) is 38.1 Å². The minimum Gasteiger partial charge on any atom is -0.481 e. The molecule has 1 unspecified atom stereocenters. The molecule has 1 saturated carbocycles. The molecule has 0 aromatic rings. The Kier molecular flexibility index (Phi) is 3.12. The zero-order chi connectivity index (χ0) is 12.6.